The number of hydrogen-bond acceptors (Lipinski definition) is 2. The van der Waals surface area contributed by atoms with Crippen LogP contribution >= 0.6 is 0 Å². The molecule has 21 heavy (non-hydrogen) atoms. The van der Waals surface area contributed by atoms with Crippen molar-refractivity contribution in [3.8, 4) is 0 Å². The van der Waals surface area contributed by atoms with E-state index in [4.69, 9.17) is 5.11 Å². The van der Waals surface area contributed by atoms with Crippen molar-refractivity contribution in [3.05, 3.63) is 35.4 Å². The molecule has 3 nitrogen and oxygen atoms in total. The predicted octanol–water partition coefficient (Wildman–Crippen LogP) is 3.44. The van der Waals surface area contributed by atoms with Gasteiger partial charge in [0.05, 0.1) is 11.5 Å². The average Bonchev–Trinajstić information content (AvgIpc) is 2.45. The Morgan fingerprint density at radius 1 is 1.29 bits per heavy atom. The first-order chi connectivity index (χ1) is 9.88. The van der Waals surface area contributed by atoms with Gasteiger partial charge in [0.1, 0.15) is 0 Å². The smallest absolute Gasteiger partial charge is 0.416 e. The molecule has 0 saturated heterocycles. The monoisotopic (exact) mass is 301 g/mol. The minimum Gasteiger partial charge on any atom is -0.481 e. The van der Waals surface area contributed by atoms with Crippen LogP contribution in [-0.2, 0) is 17.5 Å². The summed E-state index contributed by atoms with van der Waals surface area (Å²) in [6.45, 7) is 0.248. The maximum Gasteiger partial charge on any atom is 0.416 e. The first kappa shape index (κ1) is 15.8. The number of nitrogens with one attached hydrogen (secondary N) is 1. The zero-order valence-corrected chi connectivity index (χ0v) is 11.5. The van der Waals surface area contributed by atoms with Gasteiger partial charge in [0.15, 0.2) is 0 Å². The van der Waals surface area contributed by atoms with E-state index in [9.17, 15) is 18.0 Å². The normalized spacial score (nSPS) is 23.0. The van der Waals surface area contributed by atoms with Crippen molar-refractivity contribution in [3.63, 3.8) is 0 Å². The molecule has 0 aliphatic heterocycles. The number of carboxylic acid groups (broad SMARTS) is 1. The molecule has 0 heterocycles. The van der Waals surface area contributed by atoms with Gasteiger partial charge in [-0.1, -0.05) is 31.0 Å². The van der Waals surface area contributed by atoms with Crippen LogP contribution in [0.25, 0.3) is 0 Å². The number of benzene rings is 1. The molecule has 116 valence electrons. The molecule has 2 unspecified atom stereocenters. The third-order valence-corrected chi connectivity index (χ3v) is 3.91. The summed E-state index contributed by atoms with van der Waals surface area (Å²) < 4.78 is 37.9. The molecule has 2 N–H and O–H groups in total. The minimum absolute atomic E-state index is 0.175. The van der Waals surface area contributed by atoms with E-state index in [-0.39, 0.29) is 12.6 Å². The summed E-state index contributed by atoms with van der Waals surface area (Å²) in [5.74, 6) is -1.29. The summed E-state index contributed by atoms with van der Waals surface area (Å²) in [5.41, 5.74) is -0.167. The zero-order valence-electron chi connectivity index (χ0n) is 11.5. The third kappa shape index (κ3) is 4.20. The van der Waals surface area contributed by atoms with Crippen molar-refractivity contribution in [2.45, 2.75) is 44.4 Å². The Bertz CT molecular complexity index is 502. The highest BCUT2D eigenvalue weighted by Gasteiger charge is 2.31. The molecule has 0 amide bonds. The zero-order chi connectivity index (χ0) is 15.5. The van der Waals surface area contributed by atoms with E-state index in [0.29, 0.717) is 12.0 Å². The summed E-state index contributed by atoms with van der Waals surface area (Å²) in [4.78, 5) is 11.2. The van der Waals surface area contributed by atoms with E-state index in [1.165, 1.54) is 6.07 Å². The van der Waals surface area contributed by atoms with Crippen LogP contribution in [0.3, 0.4) is 0 Å². The Hall–Kier alpha value is -1.56. The van der Waals surface area contributed by atoms with E-state index >= 15 is 0 Å². The quantitative estimate of drug-likeness (QED) is 0.895. The number of rotatable bonds is 4. The van der Waals surface area contributed by atoms with Crippen molar-refractivity contribution < 1.29 is 23.1 Å². The van der Waals surface area contributed by atoms with Crippen molar-refractivity contribution >= 4 is 5.97 Å². The van der Waals surface area contributed by atoms with Gasteiger partial charge in [-0.2, -0.15) is 13.2 Å². The molecule has 0 radical (unpaired) electrons. The predicted molar refractivity (Wildman–Crippen MR) is 71.7 cm³/mol. The molecular formula is C15H18F3NO2. The maximum atomic E-state index is 12.6. The van der Waals surface area contributed by atoms with Gasteiger partial charge in [0, 0.05) is 12.6 Å². The summed E-state index contributed by atoms with van der Waals surface area (Å²) in [6, 6.07) is 4.94. The molecule has 2 rings (SSSR count). The lowest BCUT2D eigenvalue weighted by Gasteiger charge is -2.29. The van der Waals surface area contributed by atoms with Crippen LogP contribution in [0, 0.1) is 5.92 Å². The molecule has 0 aromatic heterocycles. The SMILES string of the molecule is O=C(O)C1CCCCC1NCc1cccc(C(F)(F)F)c1. The van der Waals surface area contributed by atoms with Gasteiger partial charge in [0.25, 0.3) is 0 Å². The highest BCUT2D eigenvalue weighted by molar-refractivity contribution is 5.71. The fourth-order valence-electron chi connectivity index (χ4n) is 2.78. The Balaban J connectivity index is 2.00. The Kier molecular flexibility index (Phi) is 4.88. The lowest BCUT2D eigenvalue weighted by atomic mass is 9.84. The Labute approximate surface area is 121 Å². The van der Waals surface area contributed by atoms with Crippen molar-refractivity contribution in [2.24, 2.45) is 5.92 Å². The standard InChI is InChI=1S/C15H18F3NO2/c16-15(17,18)11-5-3-4-10(8-11)9-19-13-7-2-1-6-12(13)14(20)21/h3-5,8,12-13,19H,1-2,6-7,9H2,(H,20,21). The Morgan fingerprint density at radius 2 is 2.00 bits per heavy atom. The number of alkyl halides is 3. The van der Waals surface area contributed by atoms with E-state index in [1.54, 1.807) is 6.07 Å². The summed E-state index contributed by atoms with van der Waals surface area (Å²) in [5, 5.41) is 12.3. The van der Waals surface area contributed by atoms with Gasteiger partial charge in [-0.3, -0.25) is 4.79 Å². The van der Waals surface area contributed by atoms with Crippen LogP contribution < -0.4 is 5.32 Å². The molecule has 1 aliphatic carbocycles. The van der Waals surface area contributed by atoms with Gasteiger partial charge < -0.3 is 10.4 Å². The van der Waals surface area contributed by atoms with Crippen LogP contribution in [-0.4, -0.2) is 17.1 Å². The van der Waals surface area contributed by atoms with Gasteiger partial charge in [-0.15, -0.1) is 0 Å². The van der Waals surface area contributed by atoms with Crippen LogP contribution in [0.4, 0.5) is 13.2 Å². The first-order valence-electron chi connectivity index (χ1n) is 7.00. The van der Waals surface area contributed by atoms with E-state index < -0.39 is 23.6 Å². The van der Waals surface area contributed by atoms with Crippen LogP contribution in [0.2, 0.25) is 0 Å². The van der Waals surface area contributed by atoms with E-state index in [1.807, 2.05) is 0 Å². The van der Waals surface area contributed by atoms with Crippen molar-refractivity contribution in [1.29, 1.82) is 0 Å². The molecule has 1 fully saturated rings. The minimum atomic E-state index is -4.36. The summed E-state index contributed by atoms with van der Waals surface area (Å²) >= 11 is 0. The number of halogens is 3. The summed E-state index contributed by atoms with van der Waals surface area (Å²) in [6.07, 6.45) is -1.15. The fraction of sp³-hybridized carbons (Fsp3) is 0.533. The van der Waals surface area contributed by atoms with Crippen molar-refractivity contribution in [1.82, 2.24) is 5.32 Å². The largest absolute Gasteiger partial charge is 0.481 e. The molecule has 1 aliphatic rings. The average molecular weight is 301 g/mol. The number of carboxylic acids is 1. The molecule has 1 aromatic rings. The Morgan fingerprint density at radius 3 is 2.67 bits per heavy atom. The van der Waals surface area contributed by atoms with E-state index in [2.05, 4.69) is 5.32 Å². The molecule has 1 saturated carbocycles. The topological polar surface area (TPSA) is 49.3 Å². The number of hydrogen-bond donors (Lipinski definition) is 2. The molecular weight excluding hydrogens is 283 g/mol. The fourth-order valence-corrected chi connectivity index (χ4v) is 2.78. The second-order valence-corrected chi connectivity index (χ2v) is 5.41. The van der Waals surface area contributed by atoms with E-state index in [0.717, 1.165) is 31.4 Å². The van der Waals surface area contributed by atoms with Crippen molar-refractivity contribution in [2.75, 3.05) is 0 Å². The first-order valence-corrected chi connectivity index (χ1v) is 7.00. The van der Waals surface area contributed by atoms with Gasteiger partial charge >= 0.3 is 12.1 Å². The van der Waals surface area contributed by atoms with Crippen LogP contribution in [0.15, 0.2) is 24.3 Å². The lowest BCUT2D eigenvalue weighted by Crippen LogP contribution is -2.41. The second kappa shape index (κ2) is 6.47. The van der Waals surface area contributed by atoms with Gasteiger partial charge in [-0.25, -0.2) is 0 Å². The van der Waals surface area contributed by atoms with Crippen LogP contribution in [0.5, 0.6) is 0 Å². The summed E-state index contributed by atoms with van der Waals surface area (Å²) in [7, 11) is 0. The molecule has 0 bridgehead atoms. The van der Waals surface area contributed by atoms with Gasteiger partial charge in [-0.05, 0) is 24.5 Å². The molecule has 1 aromatic carbocycles. The molecule has 0 spiro atoms. The molecule has 6 heteroatoms. The number of carbonyl (C=O) groups is 1. The van der Waals surface area contributed by atoms with Crippen LogP contribution in [0.1, 0.15) is 36.8 Å². The highest BCUT2D eigenvalue weighted by atomic mass is 19.4. The molecule has 2 atom stereocenters. The lowest BCUT2D eigenvalue weighted by molar-refractivity contribution is -0.143. The highest BCUT2D eigenvalue weighted by Crippen LogP contribution is 2.30. The number of aliphatic carboxylic acids is 1. The van der Waals surface area contributed by atoms with Gasteiger partial charge in [0.2, 0.25) is 0 Å². The third-order valence-electron chi connectivity index (χ3n) is 3.91. The second-order valence-electron chi connectivity index (χ2n) is 5.41. The maximum absolute atomic E-state index is 12.6.